The van der Waals surface area contributed by atoms with E-state index in [0.717, 1.165) is 5.56 Å². The van der Waals surface area contributed by atoms with Crippen LogP contribution in [0.15, 0.2) is 56.0 Å². The molecule has 0 saturated heterocycles. The van der Waals surface area contributed by atoms with E-state index in [2.05, 4.69) is 28.2 Å². The van der Waals surface area contributed by atoms with Gasteiger partial charge >= 0.3 is 5.97 Å². The second kappa shape index (κ2) is 6.29. The van der Waals surface area contributed by atoms with Gasteiger partial charge in [0, 0.05) is 11.8 Å². The second-order valence-corrected chi connectivity index (χ2v) is 4.96. The summed E-state index contributed by atoms with van der Waals surface area (Å²) in [5.41, 5.74) is 3.57. The van der Waals surface area contributed by atoms with Gasteiger partial charge in [0.2, 0.25) is 0 Å². The van der Waals surface area contributed by atoms with Crippen LogP contribution in [0.4, 0.5) is 0 Å². The quantitative estimate of drug-likeness (QED) is 0.780. The molecule has 24 heavy (non-hydrogen) atoms. The number of carbonyl (C=O) groups is 1. The van der Waals surface area contributed by atoms with E-state index >= 15 is 0 Å². The summed E-state index contributed by atoms with van der Waals surface area (Å²) in [6.45, 7) is 7.42. The molecule has 2 aromatic heterocycles. The molecule has 3 rings (SSSR count). The van der Waals surface area contributed by atoms with Crippen LogP contribution >= 0.6 is 0 Å². The van der Waals surface area contributed by atoms with Crippen LogP contribution in [0, 0.1) is 0 Å². The Labute approximate surface area is 138 Å². The molecule has 0 bridgehead atoms. The first-order valence-electron chi connectivity index (χ1n) is 7.13. The normalized spacial score (nSPS) is 10.3. The maximum Gasteiger partial charge on any atom is 0.335 e. The standard InChI is InChI=1S/C18H14N4O2/c1-3-15-16(4-2)21-17(10-19-15)13-9-20-22(11-13)14-7-5-6-12(8-14)18(23)24/h3-11H,1-2H2,(H,23,24). The van der Waals surface area contributed by atoms with Gasteiger partial charge in [0.05, 0.1) is 40.7 Å². The van der Waals surface area contributed by atoms with Gasteiger partial charge in [-0.15, -0.1) is 0 Å². The lowest BCUT2D eigenvalue weighted by Crippen LogP contribution is -2.00. The van der Waals surface area contributed by atoms with Gasteiger partial charge in [-0.25, -0.2) is 14.5 Å². The van der Waals surface area contributed by atoms with Crippen LogP contribution in [-0.4, -0.2) is 30.8 Å². The van der Waals surface area contributed by atoms with Crippen LogP contribution in [0.5, 0.6) is 0 Å². The second-order valence-electron chi connectivity index (χ2n) is 4.96. The predicted molar refractivity (Wildman–Crippen MR) is 91.7 cm³/mol. The highest BCUT2D eigenvalue weighted by molar-refractivity contribution is 5.88. The molecule has 2 heterocycles. The van der Waals surface area contributed by atoms with Crippen LogP contribution in [-0.2, 0) is 0 Å². The van der Waals surface area contributed by atoms with Gasteiger partial charge in [-0.1, -0.05) is 19.2 Å². The lowest BCUT2D eigenvalue weighted by atomic mass is 10.2. The number of nitrogens with zero attached hydrogens (tertiary/aromatic N) is 4. The molecular formula is C18H14N4O2. The molecule has 0 aliphatic rings. The summed E-state index contributed by atoms with van der Waals surface area (Å²) in [5, 5.41) is 13.4. The highest BCUT2D eigenvalue weighted by Gasteiger charge is 2.09. The Morgan fingerprint density at radius 2 is 1.96 bits per heavy atom. The average Bonchev–Trinajstić information content (AvgIpc) is 3.11. The fourth-order valence-electron chi connectivity index (χ4n) is 2.24. The zero-order valence-electron chi connectivity index (χ0n) is 12.8. The first-order valence-corrected chi connectivity index (χ1v) is 7.13. The monoisotopic (exact) mass is 318 g/mol. The number of rotatable bonds is 5. The Morgan fingerprint density at radius 1 is 1.17 bits per heavy atom. The van der Waals surface area contributed by atoms with Crippen molar-refractivity contribution in [1.29, 1.82) is 0 Å². The Morgan fingerprint density at radius 3 is 2.67 bits per heavy atom. The van der Waals surface area contributed by atoms with Crippen molar-refractivity contribution in [2.75, 3.05) is 0 Å². The first-order chi connectivity index (χ1) is 11.6. The van der Waals surface area contributed by atoms with Gasteiger partial charge in [0.15, 0.2) is 0 Å². The predicted octanol–water partition coefficient (Wildman–Crippen LogP) is 3.31. The third-order valence-corrected chi connectivity index (χ3v) is 3.45. The van der Waals surface area contributed by atoms with E-state index in [1.807, 2.05) is 0 Å². The van der Waals surface area contributed by atoms with Gasteiger partial charge in [-0.05, 0) is 30.4 Å². The van der Waals surface area contributed by atoms with Crippen LogP contribution in [0.3, 0.4) is 0 Å². The minimum Gasteiger partial charge on any atom is -0.478 e. The summed E-state index contributed by atoms with van der Waals surface area (Å²) in [7, 11) is 0. The van der Waals surface area contributed by atoms with Gasteiger partial charge in [0.1, 0.15) is 0 Å². The Kier molecular flexibility index (Phi) is 4.03. The van der Waals surface area contributed by atoms with Gasteiger partial charge in [-0.2, -0.15) is 5.10 Å². The molecule has 3 aromatic rings. The molecule has 6 nitrogen and oxygen atoms in total. The van der Waals surface area contributed by atoms with Crippen molar-refractivity contribution < 1.29 is 9.90 Å². The Bertz CT molecular complexity index is 944. The number of benzene rings is 1. The maximum atomic E-state index is 11.1. The number of hydrogen-bond acceptors (Lipinski definition) is 4. The van der Waals surface area contributed by atoms with Crippen LogP contribution in [0.25, 0.3) is 29.1 Å². The summed E-state index contributed by atoms with van der Waals surface area (Å²) in [6.07, 6.45) is 8.30. The molecule has 0 aliphatic heterocycles. The summed E-state index contributed by atoms with van der Waals surface area (Å²) in [4.78, 5) is 19.9. The number of aromatic carboxylic acids is 1. The van der Waals surface area contributed by atoms with Gasteiger partial charge in [0.25, 0.3) is 0 Å². The lowest BCUT2D eigenvalue weighted by Gasteiger charge is -2.03. The molecule has 0 unspecified atom stereocenters. The fraction of sp³-hybridized carbons (Fsp3) is 0. The molecule has 118 valence electrons. The smallest absolute Gasteiger partial charge is 0.335 e. The number of carboxylic acid groups (broad SMARTS) is 1. The SMILES string of the molecule is C=Cc1ncc(-c2cnn(-c3cccc(C(=O)O)c3)c2)nc1C=C. The zero-order chi connectivity index (χ0) is 17.1. The number of carboxylic acids is 1. The van der Waals surface area contributed by atoms with Crippen molar-refractivity contribution in [2.24, 2.45) is 0 Å². The van der Waals surface area contributed by atoms with Crippen molar-refractivity contribution >= 4 is 18.1 Å². The molecule has 0 spiro atoms. The van der Waals surface area contributed by atoms with E-state index in [1.165, 1.54) is 6.07 Å². The molecule has 6 heteroatoms. The number of hydrogen-bond donors (Lipinski definition) is 1. The molecule has 0 atom stereocenters. The maximum absolute atomic E-state index is 11.1. The number of aromatic nitrogens is 4. The summed E-state index contributed by atoms with van der Waals surface area (Å²) in [6, 6.07) is 6.55. The average molecular weight is 318 g/mol. The van der Waals surface area contributed by atoms with E-state index in [9.17, 15) is 4.79 Å². The largest absolute Gasteiger partial charge is 0.478 e. The van der Waals surface area contributed by atoms with E-state index in [4.69, 9.17) is 5.11 Å². The Hall–Kier alpha value is -3.54. The summed E-state index contributed by atoms with van der Waals surface area (Å²) in [5.74, 6) is -0.981. The van der Waals surface area contributed by atoms with Gasteiger partial charge < -0.3 is 5.11 Å². The van der Waals surface area contributed by atoms with Crippen molar-refractivity contribution in [3.8, 4) is 16.9 Å². The lowest BCUT2D eigenvalue weighted by molar-refractivity contribution is 0.0697. The Balaban J connectivity index is 1.99. The minimum absolute atomic E-state index is 0.202. The van der Waals surface area contributed by atoms with Crippen LogP contribution in [0.2, 0.25) is 0 Å². The van der Waals surface area contributed by atoms with Crippen molar-refractivity contribution in [3.05, 3.63) is 73.0 Å². The van der Waals surface area contributed by atoms with E-state index < -0.39 is 5.97 Å². The summed E-state index contributed by atoms with van der Waals surface area (Å²) < 4.78 is 1.60. The van der Waals surface area contributed by atoms with Crippen molar-refractivity contribution in [1.82, 2.24) is 19.7 Å². The first kappa shape index (κ1) is 15.4. The third-order valence-electron chi connectivity index (χ3n) is 3.45. The third kappa shape index (κ3) is 2.85. The van der Waals surface area contributed by atoms with Crippen LogP contribution in [0.1, 0.15) is 21.7 Å². The molecule has 0 aliphatic carbocycles. The molecule has 1 N–H and O–H groups in total. The zero-order valence-corrected chi connectivity index (χ0v) is 12.8. The molecule has 0 amide bonds. The van der Waals surface area contributed by atoms with E-state index in [1.54, 1.807) is 53.6 Å². The van der Waals surface area contributed by atoms with Crippen molar-refractivity contribution in [3.63, 3.8) is 0 Å². The fourth-order valence-corrected chi connectivity index (χ4v) is 2.24. The molecular weight excluding hydrogens is 304 g/mol. The van der Waals surface area contributed by atoms with E-state index in [-0.39, 0.29) is 5.56 Å². The molecule has 0 radical (unpaired) electrons. The topological polar surface area (TPSA) is 80.9 Å². The van der Waals surface area contributed by atoms with Crippen LogP contribution < -0.4 is 0 Å². The molecule has 1 aromatic carbocycles. The molecule has 0 saturated carbocycles. The highest BCUT2D eigenvalue weighted by atomic mass is 16.4. The minimum atomic E-state index is -0.981. The summed E-state index contributed by atoms with van der Waals surface area (Å²) >= 11 is 0. The molecule has 0 fully saturated rings. The van der Waals surface area contributed by atoms with E-state index in [0.29, 0.717) is 22.8 Å². The van der Waals surface area contributed by atoms with Gasteiger partial charge in [-0.3, -0.25) is 4.98 Å². The van der Waals surface area contributed by atoms with Crippen molar-refractivity contribution in [2.45, 2.75) is 0 Å². The highest BCUT2D eigenvalue weighted by Crippen LogP contribution is 2.20.